The van der Waals surface area contributed by atoms with Crippen molar-refractivity contribution in [3.05, 3.63) is 0 Å². The molecule has 214 valence electrons. The Balaban J connectivity index is 0.000000209. The van der Waals surface area contributed by atoms with Crippen LogP contribution in [0.1, 0.15) is 139 Å². The largest absolute Gasteiger partial charge is 0.459 e. The van der Waals surface area contributed by atoms with Gasteiger partial charge in [0.15, 0.2) is 0 Å². The van der Waals surface area contributed by atoms with E-state index in [0.29, 0.717) is 25.2 Å². The predicted octanol–water partition coefficient (Wildman–Crippen LogP) is 6.49. The van der Waals surface area contributed by atoms with E-state index in [9.17, 15) is 19.8 Å². The van der Waals surface area contributed by atoms with Crippen LogP contribution in [0.5, 0.6) is 0 Å². The van der Waals surface area contributed by atoms with Gasteiger partial charge in [-0.2, -0.15) is 0 Å². The Morgan fingerprint density at radius 2 is 1.24 bits per heavy atom. The SMILES string of the molecule is CCC(C)(C)C(=O)OC(C)(C)C1CCCCC1.CCC(C)(C)C(=O)OC12CC3CC(O)(CC(O)(C3)C1)C2. The molecule has 5 fully saturated rings. The van der Waals surface area contributed by atoms with Crippen molar-refractivity contribution in [2.24, 2.45) is 22.7 Å². The van der Waals surface area contributed by atoms with Crippen LogP contribution in [-0.4, -0.2) is 44.6 Å². The lowest BCUT2D eigenvalue weighted by atomic mass is 9.50. The van der Waals surface area contributed by atoms with E-state index in [4.69, 9.17) is 9.47 Å². The molecule has 37 heavy (non-hydrogen) atoms. The van der Waals surface area contributed by atoms with Crippen LogP contribution in [0.2, 0.25) is 0 Å². The Hall–Kier alpha value is -1.14. The van der Waals surface area contributed by atoms with Gasteiger partial charge < -0.3 is 19.7 Å². The van der Waals surface area contributed by atoms with Crippen molar-refractivity contribution in [2.45, 2.75) is 161 Å². The van der Waals surface area contributed by atoms with Crippen LogP contribution in [0.3, 0.4) is 0 Å². The summed E-state index contributed by atoms with van der Waals surface area (Å²) < 4.78 is 11.7. The minimum Gasteiger partial charge on any atom is -0.459 e. The number of ether oxygens (including phenoxy) is 2. The van der Waals surface area contributed by atoms with Gasteiger partial charge in [-0.05, 0) is 98.3 Å². The second-order valence-corrected chi connectivity index (χ2v) is 14.8. The average molecular weight is 523 g/mol. The van der Waals surface area contributed by atoms with Crippen LogP contribution in [-0.2, 0) is 19.1 Å². The van der Waals surface area contributed by atoms with Gasteiger partial charge in [-0.15, -0.1) is 0 Å². The number of carbonyl (C=O) groups is 2. The third-order valence-corrected chi connectivity index (χ3v) is 10.1. The summed E-state index contributed by atoms with van der Waals surface area (Å²) in [5, 5.41) is 21.3. The number of esters is 2. The predicted molar refractivity (Wildman–Crippen MR) is 145 cm³/mol. The molecule has 0 heterocycles. The minimum atomic E-state index is -0.842. The van der Waals surface area contributed by atoms with Gasteiger partial charge in [0.05, 0.1) is 22.0 Å². The van der Waals surface area contributed by atoms with Gasteiger partial charge in [0, 0.05) is 19.3 Å². The molecule has 4 bridgehead atoms. The lowest BCUT2D eigenvalue weighted by Gasteiger charge is -2.62. The maximum atomic E-state index is 12.4. The minimum absolute atomic E-state index is 0.0458. The second-order valence-electron chi connectivity index (χ2n) is 14.8. The number of hydrogen-bond donors (Lipinski definition) is 2. The van der Waals surface area contributed by atoms with E-state index < -0.39 is 22.2 Å². The number of rotatable bonds is 7. The summed E-state index contributed by atoms with van der Waals surface area (Å²) in [5.41, 5.74) is -3.49. The molecule has 5 aliphatic carbocycles. The maximum Gasteiger partial charge on any atom is 0.312 e. The monoisotopic (exact) mass is 522 g/mol. The van der Waals surface area contributed by atoms with E-state index >= 15 is 0 Å². The molecule has 0 aliphatic heterocycles. The first-order valence-corrected chi connectivity index (χ1v) is 14.8. The Morgan fingerprint density at radius 1 is 0.757 bits per heavy atom. The van der Waals surface area contributed by atoms with Gasteiger partial charge in [-0.3, -0.25) is 9.59 Å². The van der Waals surface area contributed by atoms with E-state index in [0.717, 1.165) is 32.1 Å². The van der Waals surface area contributed by atoms with Crippen molar-refractivity contribution in [2.75, 3.05) is 0 Å². The Kier molecular flexibility index (Phi) is 8.58. The highest BCUT2D eigenvalue weighted by Crippen LogP contribution is 2.60. The van der Waals surface area contributed by atoms with Crippen LogP contribution in [0, 0.1) is 22.7 Å². The lowest BCUT2D eigenvalue weighted by Crippen LogP contribution is -2.67. The average Bonchev–Trinajstić information content (AvgIpc) is 2.77. The summed E-state index contributed by atoms with van der Waals surface area (Å²) in [7, 11) is 0. The van der Waals surface area contributed by atoms with Crippen LogP contribution < -0.4 is 0 Å². The number of aliphatic hydroxyl groups is 2. The fraction of sp³-hybridized carbons (Fsp3) is 0.935. The van der Waals surface area contributed by atoms with Gasteiger partial charge in [-0.25, -0.2) is 0 Å². The Morgan fingerprint density at radius 3 is 1.70 bits per heavy atom. The zero-order valence-corrected chi connectivity index (χ0v) is 24.9. The molecule has 6 heteroatoms. The molecule has 0 aromatic rings. The zero-order chi connectivity index (χ0) is 27.9. The molecule has 5 aliphatic rings. The number of hydrogen-bond acceptors (Lipinski definition) is 6. The van der Waals surface area contributed by atoms with E-state index in [1.54, 1.807) is 0 Å². The molecular formula is C31H54O6. The summed E-state index contributed by atoms with van der Waals surface area (Å²) in [6, 6.07) is 0. The second kappa shape index (κ2) is 10.4. The molecule has 0 aromatic carbocycles. The molecule has 0 aromatic heterocycles. The molecule has 2 atom stereocenters. The molecule has 2 N–H and O–H groups in total. The van der Waals surface area contributed by atoms with Crippen LogP contribution in [0.4, 0.5) is 0 Å². The molecular weight excluding hydrogens is 468 g/mol. The van der Waals surface area contributed by atoms with Crippen LogP contribution in [0.25, 0.3) is 0 Å². The Bertz CT molecular complexity index is 819. The van der Waals surface area contributed by atoms with Gasteiger partial charge in [0.25, 0.3) is 0 Å². The van der Waals surface area contributed by atoms with Gasteiger partial charge in [0.1, 0.15) is 11.2 Å². The van der Waals surface area contributed by atoms with Gasteiger partial charge in [0.2, 0.25) is 0 Å². The summed E-state index contributed by atoms with van der Waals surface area (Å²) in [4.78, 5) is 24.5. The highest BCUT2D eigenvalue weighted by molar-refractivity contribution is 5.76. The molecule has 0 amide bonds. The maximum absolute atomic E-state index is 12.4. The zero-order valence-electron chi connectivity index (χ0n) is 24.9. The molecule has 5 rings (SSSR count). The van der Waals surface area contributed by atoms with E-state index in [-0.39, 0.29) is 28.9 Å². The van der Waals surface area contributed by atoms with E-state index in [2.05, 4.69) is 13.8 Å². The van der Waals surface area contributed by atoms with Crippen LogP contribution in [0.15, 0.2) is 0 Å². The van der Waals surface area contributed by atoms with Crippen molar-refractivity contribution in [1.29, 1.82) is 0 Å². The van der Waals surface area contributed by atoms with E-state index in [1.165, 1.54) is 32.1 Å². The van der Waals surface area contributed by atoms with Gasteiger partial charge in [-0.1, -0.05) is 33.1 Å². The fourth-order valence-corrected chi connectivity index (χ4v) is 7.25. The first kappa shape index (κ1) is 30.4. The summed E-state index contributed by atoms with van der Waals surface area (Å²) in [5.74, 6) is 0.566. The highest BCUT2D eigenvalue weighted by Gasteiger charge is 2.64. The topological polar surface area (TPSA) is 93.1 Å². The molecule has 0 saturated heterocycles. The molecule has 0 radical (unpaired) electrons. The molecule has 0 spiro atoms. The third kappa shape index (κ3) is 6.90. The van der Waals surface area contributed by atoms with E-state index in [1.807, 2.05) is 41.5 Å². The third-order valence-electron chi connectivity index (χ3n) is 10.1. The number of carbonyl (C=O) groups excluding carboxylic acids is 2. The van der Waals surface area contributed by atoms with Crippen molar-refractivity contribution >= 4 is 11.9 Å². The highest BCUT2D eigenvalue weighted by atomic mass is 16.6. The quantitative estimate of drug-likeness (QED) is 0.371. The van der Waals surface area contributed by atoms with Gasteiger partial charge >= 0.3 is 11.9 Å². The van der Waals surface area contributed by atoms with Crippen molar-refractivity contribution in [1.82, 2.24) is 0 Å². The standard InChI is InChI=1S/C16H26O4.C15H28O2/c1-4-13(2,3)12(17)20-16-7-11-5-14(18,9-16)8-15(19,6-11)10-16;1-6-14(2,3)13(16)17-15(4,5)12-10-8-7-9-11-12/h11,18-19H,4-10H2,1-3H3;12H,6-11H2,1-5H3. The summed E-state index contributed by atoms with van der Waals surface area (Å²) >= 11 is 0. The first-order valence-electron chi connectivity index (χ1n) is 14.8. The fourth-order valence-electron chi connectivity index (χ4n) is 7.25. The summed E-state index contributed by atoms with van der Waals surface area (Å²) in [6.45, 7) is 15.9. The van der Waals surface area contributed by atoms with Crippen molar-refractivity contribution < 1.29 is 29.3 Å². The van der Waals surface area contributed by atoms with Crippen molar-refractivity contribution in [3.8, 4) is 0 Å². The molecule has 6 nitrogen and oxygen atoms in total. The first-order chi connectivity index (χ1) is 16.9. The Labute approximate surface area is 225 Å². The molecule has 2 unspecified atom stereocenters. The normalized spacial score (nSPS) is 33.9. The smallest absolute Gasteiger partial charge is 0.312 e. The van der Waals surface area contributed by atoms with Crippen LogP contribution >= 0.6 is 0 Å². The lowest BCUT2D eigenvalue weighted by molar-refractivity contribution is -0.264. The summed E-state index contributed by atoms with van der Waals surface area (Å²) in [6.07, 6.45) is 11.5. The van der Waals surface area contributed by atoms with Crippen molar-refractivity contribution in [3.63, 3.8) is 0 Å². The molecule has 5 saturated carbocycles.